The van der Waals surface area contributed by atoms with Crippen LogP contribution in [0.15, 0.2) is 12.1 Å². The molecular weight excluding hydrogens is 267 g/mol. The summed E-state index contributed by atoms with van der Waals surface area (Å²) in [6.45, 7) is 0.701. The predicted octanol–water partition coefficient (Wildman–Crippen LogP) is 2.95. The molecule has 98 valence electrons. The van der Waals surface area contributed by atoms with E-state index in [0.717, 1.165) is 0 Å². The van der Waals surface area contributed by atoms with E-state index in [1.807, 2.05) is 0 Å². The lowest BCUT2D eigenvalue weighted by atomic mass is 10.1. The number of amides is 1. The topological polar surface area (TPSA) is 20.3 Å². The van der Waals surface area contributed by atoms with E-state index in [2.05, 4.69) is 0 Å². The molecule has 0 atom stereocenters. The molecule has 1 aromatic carbocycles. The van der Waals surface area contributed by atoms with E-state index >= 15 is 0 Å². The third-order valence-corrected chi connectivity index (χ3v) is 3.37. The van der Waals surface area contributed by atoms with Crippen molar-refractivity contribution in [2.75, 3.05) is 13.1 Å². The normalized spacial score (nSPS) is 17.0. The molecule has 1 heterocycles. The van der Waals surface area contributed by atoms with Gasteiger partial charge in [0.05, 0.1) is 0 Å². The van der Waals surface area contributed by atoms with Gasteiger partial charge in [0.25, 0.3) is 5.91 Å². The van der Waals surface area contributed by atoms with Crippen molar-refractivity contribution in [2.45, 2.75) is 18.2 Å². The predicted molar refractivity (Wildman–Crippen MR) is 61.1 cm³/mol. The summed E-state index contributed by atoms with van der Waals surface area (Å²) in [6, 6.07) is 1.01. The lowest BCUT2D eigenvalue weighted by molar-refractivity contribution is 0.0716. The number of alkyl halides is 1. The molecule has 0 N–H and O–H groups in total. The van der Waals surface area contributed by atoms with Crippen LogP contribution >= 0.6 is 11.6 Å². The van der Waals surface area contributed by atoms with E-state index < -0.39 is 28.9 Å². The van der Waals surface area contributed by atoms with Gasteiger partial charge in [-0.25, -0.2) is 13.2 Å². The number of hydrogen-bond donors (Lipinski definition) is 0. The summed E-state index contributed by atoms with van der Waals surface area (Å²) >= 11 is 5.88. The standard InChI is InChI=1S/C12H11ClF3NO/c13-7-1-3-17(4-2-7)12(18)11-9(15)5-8(14)6-10(11)16/h5-7H,1-4H2. The molecule has 0 aliphatic carbocycles. The Morgan fingerprint density at radius 1 is 1.17 bits per heavy atom. The molecule has 0 spiro atoms. The van der Waals surface area contributed by atoms with Crippen LogP contribution in [0.4, 0.5) is 13.2 Å². The molecule has 1 amide bonds. The highest BCUT2D eigenvalue weighted by Gasteiger charge is 2.27. The minimum absolute atomic E-state index is 0.0167. The molecule has 1 saturated heterocycles. The van der Waals surface area contributed by atoms with Crippen molar-refractivity contribution in [1.29, 1.82) is 0 Å². The number of carbonyl (C=O) groups excluding carboxylic acids is 1. The second-order valence-electron chi connectivity index (χ2n) is 4.21. The molecular formula is C12H11ClF3NO. The van der Waals surface area contributed by atoms with Gasteiger partial charge in [0.1, 0.15) is 23.0 Å². The van der Waals surface area contributed by atoms with Gasteiger partial charge in [0.2, 0.25) is 0 Å². The van der Waals surface area contributed by atoms with Crippen molar-refractivity contribution >= 4 is 17.5 Å². The van der Waals surface area contributed by atoms with Gasteiger partial charge in [0.15, 0.2) is 0 Å². The first-order chi connectivity index (χ1) is 8.49. The number of halogens is 4. The number of hydrogen-bond acceptors (Lipinski definition) is 1. The molecule has 0 unspecified atom stereocenters. The van der Waals surface area contributed by atoms with Crippen molar-refractivity contribution in [2.24, 2.45) is 0 Å². The van der Waals surface area contributed by atoms with E-state index in [9.17, 15) is 18.0 Å². The number of nitrogens with zero attached hydrogens (tertiary/aromatic N) is 1. The molecule has 0 bridgehead atoms. The molecule has 1 aliphatic rings. The lowest BCUT2D eigenvalue weighted by Gasteiger charge is -2.29. The van der Waals surface area contributed by atoms with E-state index in [4.69, 9.17) is 11.6 Å². The number of carbonyl (C=O) groups is 1. The summed E-state index contributed by atoms with van der Waals surface area (Å²) < 4.78 is 39.6. The van der Waals surface area contributed by atoms with Crippen molar-refractivity contribution in [3.8, 4) is 0 Å². The maximum atomic E-state index is 13.4. The van der Waals surface area contributed by atoms with E-state index in [1.165, 1.54) is 4.90 Å². The van der Waals surface area contributed by atoms with Crippen molar-refractivity contribution in [3.63, 3.8) is 0 Å². The Kier molecular flexibility index (Phi) is 3.80. The summed E-state index contributed by atoms with van der Waals surface area (Å²) in [5.41, 5.74) is -0.704. The molecule has 18 heavy (non-hydrogen) atoms. The third-order valence-electron chi connectivity index (χ3n) is 2.93. The Labute approximate surface area is 107 Å². The first-order valence-corrected chi connectivity index (χ1v) is 6.00. The minimum atomic E-state index is -1.18. The summed E-state index contributed by atoms with van der Waals surface area (Å²) in [4.78, 5) is 13.3. The van der Waals surface area contributed by atoms with Gasteiger partial charge in [-0.15, -0.1) is 11.6 Å². The number of rotatable bonds is 1. The van der Waals surface area contributed by atoms with Crippen LogP contribution in [0.5, 0.6) is 0 Å². The quantitative estimate of drug-likeness (QED) is 0.723. The van der Waals surface area contributed by atoms with Crippen LogP contribution in [0, 0.1) is 17.5 Å². The van der Waals surface area contributed by atoms with E-state index in [1.54, 1.807) is 0 Å². The Bertz CT molecular complexity index is 449. The molecule has 1 fully saturated rings. The van der Waals surface area contributed by atoms with Crippen molar-refractivity contribution in [1.82, 2.24) is 4.90 Å². The minimum Gasteiger partial charge on any atom is -0.338 e. The lowest BCUT2D eigenvalue weighted by Crippen LogP contribution is -2.39. The van der Waals surface area contributed by atoms with Gasteiger partial charge >= 0.3 is 0 Å². The van der Waals surface area contributed by atoms with Crippen LogP contribution in [0.25, 0.3) is 0 Å². The molecule has 2 nitrogen and oxygen atoms in total. The average molecular weight is 278 g/mol. The fourth-order valence-corrected chi connectivity index (χ4v) is 2.15. The molecule has 6 heteroatoms. The Balaban J connectivity index is 2.24. The highest BCUT2D eigenvalue weighted by Crippen LogP contribution is 2.21. The summed E-state index contributed by atoms with van der Waals surface area (Å²) in [5, 5.41) is -0.0167. The fraction of sp³-hybridized carbons (Fsp3) is 0.417. The third kappa shape index (κ3) is 2.61. The monoisotopic (exact) mass is 277 g/mol. The SMILES string of the molecule is O=C(c1c(F)cc(F)cc1F)N1CCC(Cl)CC1. The van der Waals surface area contributed by atoms with Gasteiger partial charge < -0.3 is 4.90 Å². The van der Waals surface area contributed by atoms with Crippen LogP contribution in [0.3, 0.4) is 0 Å². The molecule has 0 aromatic heterocycles. The Morgan fingerprint density at radius 3 is 2.17 bits per heavy atom. The smallest absolute Gasteiger partial charge is 0.259 e. The van der Waals surface area contributed by atoms with Crippen LogP contribution < -0.4 is 0 Å². The fourth-order valence-electron chi connectivity index (χ4n) is 1.96. The molecule has 1 aliphatic heterocycles. The zero-order chi connectivity index (χ0) is 13.3. The summed E-state index contributed by atoms with van der Waals surface area (Å²) in [5.74, 6) is -4.15. The number of likely N-dealkylation sites (tertiary alicyclic amines) is 1. The van der Waals surface area contributed by atoms with Crippen LogP contribution in [-0.2, 0) is 0 Å². The van der Waals surface area contributed by atoms with Gasteiger partial charge in [-0.05, 0) is 12.8 Å². The maximum Gasteiger partial charge on any atom is 0.259 e. The van der Waals surface area contributed by atoms with Gasteiger partial charge in [0, 0.05) is 30.6 Å². The zero-order valence-electron chi connectivity index (χ0n) is 9.43. The van der Waals surface area contributed by atoms with Crippen LogP contribution in [0.1, 0.15) is 23.2 Å². The first kappa shape index (κ1) is 13.2. The molecule has 2 rings (SSSR count). The molecule has 1 aromatic rings. The Morgan fingerprint density at radius 2 is 1.67 bits per heavy atom. The number of piperidine rings is 1. The zero-order valence-corrected chi connectivity index (χ0v) is 10.2. The second kappa shape index (κ2) is 5.18. The summed E-state index contributed by atoms with van der Waals surface area (Å²) in [7, 11) is 0. The second-order valence-corrected chi connectivity index (χ2v) is 4.83. The van der Waals surface area contributed by atoms with Crippen LogP contribution in [0.2, 0.25) is 0 Å². The molecule has 0 radical (unpaired) electrons. The van der Waals surface area contributed by atoms with E-state index in [0.29, 0.717) is 38.1 Å². The number of benzene rings is 1. The van der Waals surface area contributed by atoms with Gasteiger partial charge in [-0.1, -0.05) is 0 Å². The van der Waals surface area contributed by atoms with Gasteiger partial charge in [-0.3, -0.25) is 4.79 Å². The Hall–Kier alpha value is -1.23. The van der Waals surface area contributed by atoms with E-state index in [-0.39, 0.29) is 5.38 Å². The largest absolute Gasteiger partial charge is 0.338 e. The van der Waals surface area contributed by atoms with Crippen molar-refractivity contribution in [3.05, 3.63) is 35.1 Å². The van der Waals surface area contributed by atoms with Crippen molar-refractivity contribution < 1.29 is 18.0 Å². The molecule has 0 saturated carbocycles. The van der Waals surface area contributed by atoms with Gasteiger partial charge in [-0.2, -0.15) is 0 Å². The first-order valence-electron chi connectivity index (χ1n) is 5.57. The maximum absolute atomic E-state index is 13.4. The highest BCUT2D eigenvalue weighted by atomic mass is 35.5. The average Bonchev–Trinajstić information content (AvgIpc) is 2.28. The van der Waals surface area contributed by atoms with Crippen LogP contribution in [-0.4, -0.2) is 29.3 Å². The summed E-state index contributed by atoms with van der Waals surface area (Å²) in [6.07, 6.45) is 1.16. The highest BCUT2D eigenvalue weighted by molar-refractivity contribution is 6.20.